The number of rotatable bonds is 3. The van der Waals surface area contributed by atoms with Crippen molar-refractivity contribution in [3.8, 4) is 0 Å². The Kier molecular flexibility index (Phi) is 5.31. The van der Waals surface area contributed by atoms with E-state index in [0.717, 1.165) is 44.1 Å². The largest absolute Gasteiger partial charge is 0.465 e. The lowest BCUT2D eigenvalue weighted by atomic mass is 10.0. The first-order chi connectivity index (χ1) is 14.0. The highest BCUT2D eigenvalue weighted by molar-refractivity contribution is 6.40. The van der Waals surface area contributed by atoms with Crippen molar-refractivity contribution in [2.75, 3.05) is 61.9 Å². The van der Waals surface area contributed by atoms with Gasteiger partial charge in [0.15, 0.2) is 0 Å². The zero-order valence-electron chi connectivity index (χ0n) is 16.9. The van der Waals surface area contributed by atoms with E-state index < -0.39 is 5.97 Å². The molecule has 2 aliphatic heterocycles. The van der Waals surface area contributed by atoms with Gasteiger partial charge in [-0.2, -0.15) is 0 Å². The summed E-state index contributed by atoms with van der Waals surface area (Å²) < 4.78 is 6.75. The van der Waals surface area contributed by atoms with Crippen molar-refractivity contribution in [1.29, 1.82) is 0 Å². The molecule has 0 aliphatic carbocycles. The molecule has 8 nitrogen and oxygen atoms in total. The highest BCUT2D eigenvalue weighted by Gasteiger charge is 2.30. The maximum Gasteiger partial charge on any atom is 0.343 e. The van der Waals surface area contributed by atoms with Crippen LogP contribution in [-0.4, -0.2) is 56.9 Å². The second-order valence-electron chi connectivity index (χ2n) is 7.59. The monoisotopic (exact) mass is 419 g/mol. The summed E-state index contributed by atoms with van der Waals surface area (Å²) in [6.07, 6.45) is 1.57. The van der Waals surface area contributed by atoms with Crippen LogP contribution in [0.2, 0.25) is 5.02 Å². The third-order valence-corrected chi connectivity index (χ3v) is 5.87. The molecule has 1 fully saturated rings. The van der Waals surface area contributed by atoms with Gasteiger partial charge in [0, 0.05) is 51.5 Å². The normalized spacial score (nSPS) is 16.4. The van der Waals surface area contributed by atoms with Crippen LogP contribution >= 0.6 is 11.6 Å². The lowest BCUT2D eigenvalue weighted by molar-refractivity contribution is 0.0598. The standard InChI is InChI=1S/C20H26ClN5O3/c1-11(2)26-10-12(20(28)29-3)19(27)13-15-16(24-5-4-23-15)18(14(21)17(13)26)25-8-6-22-7-9-25/h10-11,22-24H,4-9H2,1-3H3. The number of aromatic nitrogens is 1. The molecule has 0 unspecified atom stereocenters. The Morgan fingerprint density at radius 1 is 1.14 bits per heavy atom. The van der Waals surface area contributed by atoms with Crippen LogP contribution in [0.4, 0.5) is 17.1 Å². The number of nitrogens with zero attached hydrogens (tertiary/aromatic N) is 2. The molecule has 4 rings (SSSR count). The molecular weight excluding hydrogens is 394 g/mol. The summed E-state index contributed by atoms with van der Waals surface area (Å²) in [5.74, 6) is -0.647. The van der Waals surface area contributed by atoms with Gasteiger partial charge in [-0.15, -0.1) is 0 Å². The minimum Gasteiger partial charge on any atom is -0.465 e. The summed E-state index contributed by atoms with van der Waals surface area (Å²) in [5, 5.41) is 11.1. The molecule has 3 heterocycles. The topological polar surface area (TPSA) is 87.6 Å². The Labute approximate surface area is 174 Å². The van der Waals surface area contributed by atoms with E-state index in [1.54, 1.807) is 6.20 Å². The number of methoxy groups -OCH3 is 1. The van der Waals surface area contributed by atoms with Crippen LogP contribution in [0.15, 0.2) is 11.0 Å². The van der Waals surface area contributed by atoms with E-state index in [1.165, 1.54) is 7.11 Å². The van der Waals surface area contributed by atoms with Crippen LogP contribution in [0, 0.1) is 0 Å². The lowest BCUT2D eigenvalue weighted by Crippen LogP contribution is -2.44. The van der Waals surface area contributed by atoms with Gasteiger partial charge in [0.25, 0.3) is 0 Å². The first-order valence-corrected chi connectivity index (χ1v) is 10.3. The number of carbonyl (C=O) groups is 1. The molecule has 0 radical (unpaired) electrons. The second-order valence-corrected chi connectivity index (χ2v) is 7.97. The molecular formula is C20H26ClN5O3. The first-order valence-electron chi connectivity index (χ1n) is 9.91. The fourth-order valence-electron chi connectivity index (χ4n) is 4.13. The number of halogens is 1. The van der Waals surface area contributed by atoms with E-state index in [-0.39, 0.29) is 17.0 Å². The Morgan fingerprint density at radius 3 is 2.41 bits per heavy atom. The third-order valence-electron chi connectivity index (χ3n) is 5.51. The maximum absolute atomic E-state index is 13.4. The first kappa shape index (κ1) is 19.8. The summed E-state index contributed by atoms with van der Waals surface area (Å²) in [5.41, 5.74) is 2.71. The Morgan fingerprint density at radius 2 is 1.79 bits per heavy atom. The van der Waals surface area contributed by atoms with Crippen LogP contribution in [0.5, 0.6) is 0 Å². The van der Waals surface area contributed by atoms with E-state index in [0.29, 0.717) is 28.2 Å². The van der Waals surface area contributed by atoms with Gasteiger partial charge in [-0.1, -0.05) is 11.6 Å². The van der Waals surface area contributed by atoms with Gasteiger partial charge in [-0.25, -0.2) is 4.79 Å². The van der Waals surface area contributed by atoms with E-state index in [1.807, 2.05) is 18.4 Å². The molecule has 0 atom stereocenters. The number of benzene rings is 1. The number of pyridine rings is 1. The van der Waals surface area contributed by atoms with Crippen LogP contribution in [0.3, 0.4) is 0 Å². The molecule has 29 heavy (non-hydrogen) atoms. The van der Waals surface area contributed by atoms with Crippen molar-refractivity contribution >= 4 is 45.5 Å². The molecule has 0 spiro atoms. The van der Waals surface area contributed by atoms with E-state index in [2.05, 4.69) is 20.9 Å². The Hall–Kier alpha value is -2.45. The van der Waals surface area contributed by atoms with Gasteiger partial charge < -0.3 is 30.2 Å². The van der Waals surface area contributed by atoms with Crippen molar-refractivity contribution in [2.24, 2.45) is 0 Å². The number of nitrogens with one attached hydrogen (secondary N) is 3. The average Bonchev–Trinajstić information content (AvgIpc) is 2.74. The smallest absolute Gasteiger partial charge is 0.343 e. The number of anilines is 3. The molecule has 1 saturated heterocycles. The van der Waals surface area contributed by atoms with Gasteiger partial charge >= 0.3 is 5.97 Å². The summed E-state index contributed by atoms with van der Waals surface area (Å²) in [6, 6.07) is -0.00974. The minimum atomic E-state index is -0.647. The predicted molar refractivity (Wildman–Crippen MR) is 117 cm³/mol. The van der Waals surface area contributed by atoms with Crippen molar-refractivity contribution in [3.05, 3.63) is 27.0 Å². The van der Waals surface area contributed by atoms with E-state index >= 15 is 0 Å². The zero-order valence-corrected chi connectivity index (χ0v) is 17.7. The van der Waals surface area contributed by atoms with Gasteiger partial charge in [-0.3, -0.25) is 4.79 Å². The predicted octanol–water partition coefficient (Wildman–Crippen LogP) is 2.27. The van der Waals surface area contributed by atoms with E-state index in [9.17, 15) is 9.59 Å². The van der Waals surface area contributed by atoms with Gasteiger partial charge in [0.2, 0.25) is 5.43 Å². The highest BCUT2D eigenvalue weighted by atomic mass is 35.5. The molecule has 0 bridgehead atoms. The van der Waals surface area contributed by atoms with Crippen molar-refractivity contribution in [3.63, 3.8) is 0 Å². The summed E-state index contributed by atoms with van der Waals surface area (Å²) >= 11 is 6.99. The van der Waals surface area contributed by atoms with Gasteiger partial charge in [0.05, 0.1) is 40.1 Å². The number of piperazine rings is 1. The number of esters is 1. The molecule has 9 heteroatoms. The zero-order chi connectivity index (χ0) is 20.7. The van der Waals surface area contributed by atoms with Crippen LogP contribution in [-0.2, 0) is 4.74 Å². The SMILES string of the molecule is COC(=O)c1cn(C(C)C)c2c(Cl)c(N3CCNCC3)c3c(c2c1=O)NCCN3. The van der Waals surface area contributed by atoms with Gasteiger partial charge in [-0.05, 0) is 13.8 Å². The summed E-state index contributed by atoms with van der Waals surface area (Å²) in [7, 11) is 1.28. The fraction of sp³-hybridized carbons (Fsp3) is 0.500. The van der Waals surface area contributed by atoms with Crippen LogP contribution in [0.25, 0.3) is 10.9 Å². The molecule has 1 aromatic carbocycles. The number of fused-ring (bicyclic) bond motifs is 3. The molecule has 156 valence electrons. The molecule has 2 aromatic rings. The molecule has 1 aromatic heterocycles. The number of hydrogen-bond donors (Lipinski definition) is 3. The van der Waals surface area contributed by atoms with Crippen molar-refractivity contribution in [2.45, 2.75) is 19.9 Å². The number of carbonyl (C=O) groups excluding carboxylic acids is 1. The molecule has 0 saturated carbocycles. The fourth-order valence-corrected chi connectivity index (χ4v) is 4.53. The molecule has 0 amide bonds. The number of hydrogen-bond acceptors (Lipinski definition) is 7. The average molecular weight is 420 g/mol. The molecule has 2 aliphatic rings. The Balaban J connectivity index is 2.13. The minimum absolute atomic E-state index is 0.00858. The van der Waals surface area contributed by atoms with Crippen molar-refractivity contribution < 1.29 is 9.53 Å². The van der Waals surface area contributed by atoms with Crippen LogP contribution < -0.4 is 26.3 Å². The highest BCUT2D eigenvalue weighted by Crippen LogP contribution is 2.47. The van der Waals surface area contributed by atoms with E-state index in [4.69, 9.17) is 16.3 Å². The Bertz CT molecular complexity index is 1030. The summed E-state index contributed by atoms with van der Waals surface area (Å²) in [6.45, 7) is 8.78. The third kappa shape index (κ3) is 3.20. The quantitative estimate of drug-likeness (QED) is 0.658. The van der Waals surface area contributed by atoms with Gasteiger partial charge in [0.1, 0.15) is 5.56 Å². The second kappa shape index (κ2) is 7.76. The number of ether oxygens (including phenoxy) is 1. The van der Waals surface area contributed by atoms with Crippen molar-refractivity contribution in [1.82, 2.24) is 9.88 Å². The maximum atomic E-state index is 13.4. The summed E-state index contributed by atoms with van der Waals surface area (Å²) in [4.78, 5) is 27.9. The lowest BCUT2D eigenvalue weighted by Gasteiger charge is -2.35. The molecule has 3 N–H and O–H groups in total. The van der Waals surface area contributed by atoms with Crippen LogP contribution in [0.1, 0.15) is 30.2 Å².